The molecule has 0 aliphatic rings. The summed E-state index contributed by atoms with van der Waals surface area (Å²) in [5.41, 5.74) is 7.45. The van der Waals surface area contributed by atoms with Crippen LogP contribution in [0.4, 0.5) is 22.7 Å². The number of hydrogen-bond donors (Lipinski definition) is 0. The molecule has 0 atom stereocenters. The first-order valence-electron chi connectivity index (χ1n) is 49.6. The SMILES string of the molecule is COCCCCCCCCCCOc1ccc(C(=O)c2ccc(OCCCCCCCCCCOC(=O)c3cc(OCCCCCCOc4ccc(N=Nc5ccc(C#N)cc5)cc4)cc(C(C)=O)c3)cc2)cc1.COCCCCCCOc1ccc(Oc2ccc(OCCCCCCOC(=O)c3cc(OCCCCCCOc4ccc(N=Nc5ccc(C)cc5)cc4)cc(C(C)=O)c3)cc2)cc1. The highest BCUT2D eigenvalue weighted by Crippen LogP contribution is 2.31. The lowest BCUT2D eigenvalue weighted by molar-refractivity contribution is 0.0487. The van der Waals surface area contributed by atoms with Gasteiger partial charge in [-0.3, -0.25) is 14.4 Å². The average molecular weight is 1880 g/mol. The molecule has 0 aliphatic heterocycles. The van der Waals surface area contributed by atoms with Crippen LogP contribution in [0.5, 0.6) is 57.5 Å². The van der Waals surface area contributed by atoms with Crippen LogP contribution in [0.1, 0.15) is 288 Å². The number of benzene rings is 10. The van der Waals surface area contributed by atoms with Crippen LogP contribution < -0.4 is 42.6 Å². The Morgan fingerprint density at radius 2 is 0.457 bits per heavy atom. The number of Topliss-reactive ketones (excluding diaryl/α,β-unsaturated/α-hetero) is 2. The summed E-state index contributed by atoms with van der Waals surface area (Å²) in [6, 6.07) is 71.8. The second-order valence-corrected chi connectivity index (χ2v) is 34.3. The molecule has 0 radical (unpaired) electrons. The van der Waals surface area contributed by atoms with E-state index in [1.165, 1.54) is 57.9 Å². The Balaban J connectivity index is 0.000000312. The summed E-state index contributed by atoms with van der Waals surface area (Å²) >= 11 is 0. The van der Waals surface area contributed by atoms with Crippen LogP contribution in [-0.2, 0) is 18.9 Å². The fraction of sp³-hybridized carbons (Fsp3) is 0.426. The lowest BCUT2D eigenvalue weighted by Gasteiger charge is -2.11. The number of ketones is 3. The number of nitrogens with zero attached hydrogens (tertiary/aromatic N) is 5. The summed E-state index contributed by atoms with van der Waals surface area (Å²) in [4.78, 5) is 63.5. The summed E-state index contributed by atoms with van der Waals surface area (Å²) in [5, 5.41) is 26.0. The van der Waals surface area contributed by atoms with Crippen LogP contribution >= 0.6 is 0 Å². The number of azo groups is 2. The molecule has 0 amide bonds. The molecule has 10 aromatic carbocycles. The van der Waals surface area contributed by atoms with Crippen LogP contribution in [0.15, 0.2) is 251 Å². The zero-order valence-corrected chi connectivity index (χ0v) is 81.6. The van der Waals surface area contributed by atoms with Crippen molar-refractivity contribution in [1.82, 2.24) is 0 Å². The van der Waals surface area contributed by atoms with E-state index < -0.39 is 11.9 Å². The Morgan fingerprint density at radius 3 is 0.725 bits per heavy atom. The first-order valence-corrected chi connectivity index (χ1v) is 49.6. The second-order valence-electron chi connectivity index (χ2n) is 34.3. The lowest BCUT2D eigenvalue weighted by Crippen LogP contribution is -2.09. The number of hydrogen-bond acceptors (Lipinski definition) is 23. The van der Waals surface area contributed by atoms with Gasteiger partial charge < -0.3 is 61.6 Å². The maximum atomic E-state index is 13.1. The van der Waals surface area contributed by atoms with Gasteiger partial charge in [0.25, 0.3) is 0 Å². The van der Waals surface area contributed by atoms with Gasteiger partial charge in [0.15, 0.2) is 17.3 Å². The smallest absolute Gasteiger partial charge is 0.338 e. The zero-order chi connectivity index (χ0) is 97.3. The van der Waals surface area contributed by atoms with Gasteiger partial charge >= 0.3 is 11.9 Å². The fourth-order valence-electron chi connectivity index (χ4n) is 14.7. The first kappa shape index (κ1) is 109. The molecule has 0 fully saturated rings. The van der Waals surface area contributed by atoms with Gasteiger partial charge in [0, 0.05) is 49.7 Å². The first-order chi connectivity index (χ1) is 67.6. The molecule has 23 heteroatoms. The molecule has 10 aromatic rings. The second kappa shape index (κ2) is 66.4. The van der Waals surface area contributed by atoms with Crippen molar-refractivity contribution in [2.45, 2.75) is 226 Å². The molecular weight excluding hydrogens is 1740 g/mol. The molecular formula is C115H141N5O18. The highest BCUT2D eigenvalue weighted by molar-refractivity contribution is 6.09. The minimum absolute atomic E-state index is 0.0226. The van der Waals surface area contributed by atoms with Crippen molar-refractivity contribution in [3.8, 4) is 63.6 Å². The highest BCUT2D eigenvalue weighted by Gasteiger charge is 2.18. The van der Waals surface area contributed by atoms with Crippen molar-refractivity contribution in [3.63, 3.8) is 0 Å². The Bertz CT molecular complexity index is 5220. The van der Waals surface area contributed by atoms with Crippen LogP contribution in [0, 0.1) is 18.3 Å². The van der Waals surface area contributed by atoms with Crippen molar-refractivity contribution < 1.29 is 85.6 Å². The standard InChI is InChI=1S/C62H77N3O9.C53H64N2O9/c1-49(66)53-45-54(47-60(46-53)73-43-21-16-15-20-42-72-59-37-31-56(32-38-59)65-64-55-29-23-50(48-63)24-30-55)62(68)74-44-22-14-10-6-5-9-13-19-41-71-58-35-27-52(28-36-58)61(67)51-25-33-57(34-26-51)70-40-18-12-8-4-3-7-11-17-39-69-2;1-41-16-18-45(19-17-41)54-55-46-20-22-47(23-21-46)59-33-12-6-7-14-36-62-52-39-43(42(2)56)38-44(40-52)53(57)63-37-15-9-8-13-35-61-49-26-30-51(31-27-49)64-50-28-24-48(25-29-50)60-34-11-5-4-10-32-58-3/h23-38,45-47H,3-22,39-44H2,1-2H3;16-31,38-40H,4-15,32-37H2,1-3H3. The van der Waals surface area contributed by atoms with Gasteiger partial charge in [-0.05, 0) is 361 Å². The van der Waals surface area contributed by atoms with Gasteiger partial charge in [0.05, 0.1) is 112 Å². The number of carbonyl (C=O) groups excluding carboxylic acids is 5. The van der Waals surface area contributed by atoms with E-state index in [1.807, 2.05) is 177 Å². The minimum atomic E-state index is -0.466. The normalized spacial score (nSPS) is 11.0. The molecule has 0 aliphatic carbocycles. The minimum Gasteiger partial charge on any atom is -0.494 e. The summed E-state index contributed by atoms with van der Waals surface area (Å²) in [7, 11) is 3.50. The number of aryl methyl sites for hydroxylation is 1. The molecule has 0 heterocycles. The largest absolute Gasteiger partial charge is 0.494 e. The molecule has 23 nitrogen and oxygen atoms in total. The highest BCUT2D eigenvalue weighted by atomic mass is 16.5. The van der Waals surface area contributed by atoms with Crippen molar-refractivity contribution >= 4 is 52.0 Å². The summed E-state index contributed by atoms with van der Waals surface area (Å²) in [6.45, 7) is 12.0. The Morgan fingerprint density at radius 1 is 0.239 bits per heavy atom. The summed E-state index contributed by atoms with van der Waals surface area (Å²) < 4.78 is 74.7. The molecule has 0 saturated heterocycles. The van der Waals surface area contributed by atoms with Crippen molar-refractivity contribution in [2.24, 2.45) is 20.5 Å². The van der Waals surface area contributed by atoms with E-state index in [2.05, 4.69) is 26.5 Å². The van der Waals surface area contributed by atoms with Crippen molar-refractivity contribution in [1.29, 1.82) is 5.26 Å². The number of esters is 2. The maximum Gasteiger partial charge on any atom is 0.338 e. The quantitative estimate of drug-likeness (QED) is 0.0148. The van der Waals surface area contributed by atoms with Crippen molar-refractivity contribution in [2.75, 3.05) is 93.5 Å². The fourth-order valence-corrected chi connectivity index (χ4v) is 14.7. The molecule has 0 spiro atoms. The number of ether oxygens (including phenoxy) is 13. The monoisotopic (exact) mass is 1880 g/mol. The molecule has 0 unspecified atom stereocenters. The number of nitriles is 1. The Hall–Kier alpha value is -13.0. The summed E-state index contributed by atoms with van der Waals surface area (Å²) in [5.74, 6) is 5.94. The zero-order valence-electron chi connectivity index (χ0n) is 81.6. The van der Waals surface area contributed by atoms with Crippen molar-refractivity contribution in [3.05, 3.63) is 275 Å². The topological polar surface area (TPSA) is 279 Å². The number of unbranched alkanes of at least 4 members (excludes halogenated alkanes) is 26. The number of methoxy groups -OCH3 is 2. The Labute approximate surface area is 817 Å². The average Bonchev–Trinajstić information content (AvgIpc) is 0.854. The predicted molar refractivity (Wildman–Crippen MR) is 542 cm³/mol. The van der Waals surface area contributed by atoms with E-state index in [9.17, 15) is 24.0 Å². The molecule has 138 heavy (non-hydrogen) atoms. The molecule has 0 bridgehead atoms. The molecule has 10 rings (SSSR count). The van der Waals surface area contributed by atoms with Crippen LogP contribution in [-0.4, -0.2) is 123 Å². The van der Waals surface area contributed by atoms with Gasteiger partial charge in [0.2, 0.25) is 0 Å². The van der Waals surface area contributed by atoms with E-state index in [0.717, 1.165) is 238 Å². The van der Waals surface area contributed by atoms with Gasteiger partial charge in [-0.2, -0.15) is 25.7 Å². The number of rotatable bonds is 70. The molecule has 734 valence electrons. The number of carbonyl (C=O) groups is 5. The predicted octanol–water partition coefficient (Wildman–Crippen LogP) is 29.7. The van der Waals surface area contributed by atoms with Crippen LogP contribution in [0.3, 0.4) is 0 Å². The Kier molecular flexibility index (Phi) is 52.3. The van der Waals surface area contributed by atoms with Gasteiger partial charge in [-0.25, -0.2) is 9.59 Å². The molecule has 0 N–H and O–H groups in total. The van der Waals surface area contributed by atoms with Crippen LogP contribution in [0.25, 0.3) is 0 Å². The maximum absolute atomic E-state index is 13.1. The molecule has 0 saturated carbocycles. The van der Waals surface area contributed by atoms with E-state index in [4.69, 9.17) is 66.8 Å². The van der Waals surface area contributed by atoms with Gasteiger partial charge in [-0.1, -0.05) is 101 Å². The van der Waals surface area contributed by atoms with E-state index in [1.54, 1.807) is 74.9 Å². The van der Waals surface area contributed by atoms with E-state index >= 15 is 0 Å². The third-order valence-corrected chi connectivity index (χ3v) is 22.7. The van der Waals surface area contributed by atoms with E-state index in [0.29, 0.717) is 128 Å². The van der Waals surface area contributed by atoms with Gasteiger partial charge in [0.1, 0.15) is 57.5 Å². The third-order valence-electron chi connectivity index (χ3n) is 22.7. The van der Waals surface area contributed by atoms with Crippen LogP contribution in [0.2, 0.25) is 0 Å². The van der Waals surface area contributed by atoms with Gasteiger partial charge in [-0.15, -0.1) is 0 Å². The lowest BCUT2D eigenvalue weighted by atomic mass is 10.0. The molecule has 0 aromatic heterocycles. The third kappa shape index (κ3) is 45.3. The summed E-state index contributed by atoms with van der Waals surface area (Å²) in [6.07, 6.45) is 33.2. The van der Waals surface area contributed by atoms with E-state index in [-0.39, 0.29) is 17.3 Å².